The summed E-state index contributed by atoms with van der Waals surface area (Å²) in [7, 11) is -2.95. The first kappa shape index (κ1) is 16.2. The summed E-state index contributed by atoms with van der Waals surface area (Å²) in [5.74, 6) is -0.678. The van der Waals surface area contributed by atoms with Crippen molar-refractivity contribution in [2.75, 3.05) is 24.7 Å². The molecule has 1 heterocycles. The number of alkyl halides is 3. The molecule has 0 bridgehead atoms. The third-order valence-electron chi connectivity index (χ3n) is 2.62. The molecule has 0 spiro atoms. The Kier molecular flexibility index (Phi) is 5.60. The molecule has 1 N–H and O–H groups in total. The molecule has 0 aliphatic carbocycles. The normalized spacial score (nSPS) is 22.4. The van der Waals surface area contributed by atoms with Crippen molar-refractivity contribution < 1.29 is 31.1 Å². The van der Waals surface area contributed by atoms with Crippen LogP contribution in [0.1, 0.15) is 19.3 Å². The maximum atomic E-state index is 11.7. The number of halogens is 3. The first-order valence-electron chi connectivity index (χ1n) is 5.84. The molecule has 1 fully saturated rings. The maximum Gasteiger partial charge on any atom is 0.422 e. The van der Waals surface area contributed by atoms with Crippen LogP contribution in [0.15, 0.2) is 0 Å². The molecule has 0 radical (unpaired) electrons. The molecule has 0 saturated carbocycles. The van der Waals surface area contributed by atoms with Gasteiger partial charge in [-0.2, -0.15) is 13.2 Å². The Morgan fingerprint density at radius 3 is 2.58 bits per heavy atom. The van der Waals surface area contributed by atoms with Crippen molar-refractivity contribution in [2.24, 2.45) is 0 Å². The molecule has 0 aromatic carbocycles. The molecule has 1 atom stereocenters. The number of hydrogen-bond donors (Lipinski definition) is 1. The molecule has 1 aliphatic rings. The molecule has 0 aromatic heterocycles. The van der Waals surface area contributed by atoms with Crippen LogP contribution in [-0.2, 0) is 19.4 Å². The minimum absolute atomic E-state index is 0.0749. The van der Waals surface area contributed by atoms with E-state index < -0.39 is 28.6 Å². The van der Waals surface area contributed by atoms with Crippen LogP contribution in [0, 0.1) is 0 Å². The van der Waals surface area contributed by atoms with Gasteiger partial charge in [-0.1, -0.05) is 0 Å². The van der Waals surface area contributed by atoms with Crippen molar-refractivity contribution in [3.8, 4) is 0 Å². The van der Waals surface area contributed by atoms with Gasteiger partial charge in [-0.05, 0) is 19.4 Å². The molecule has 9 heteroatoms. The number of nitrogens with one attached hydrogen (secondary N) is 1. The second-order valence-corrected chi connectivity index (χ2v) is 6.66. The Balaban J connectivity index is 2.06. The van der Waals surface area contributed by atoms with Gasteiger partial charge in [0.25, 0.3) is 0 Å². The molecule has 1 aliphatic heterocycles. The highest BCUT2D eigenvalue weighted by Gasteiger charge is 2.29. The summed E-state index contributed by atoms with van der Waals surface area (Å²) in [4.78, 5) is 10.9. The summed E-state index contributed by atoms with van der Waals surface area (Å²) < 4.78 is 61.5. The van der Waals surface area contributed by atoms with Crippen LogP contribution >= 0.6 is 0 Å². The fourth-order valence-corrected chi connectivity index (χ4v) is 3.44. The predicted octanol–water partition coefficient (Wildman–Crippen LogP) is 0.649. The molecule has 1 rings (SSSR count). The van der Waals surface area contributed by atoms with Crippen LogP contribution in [0.25, 0.3) is 0 Å². The van der Waals surface area contributed by atoms with Gasteiger partial charge < -0.3 is 10.1 Å². The average Bonchev–Trinajstić information content (AvgIpc) is 2.61. The first-order chi connectivity index (χ1) is 8.68. The van der Waals surface area contributed by atoms with Gasteiger partial charge in [-0.15, -0.1) is 0 Å². The zero-order valence-electron chi connectivity index (χ0n) is 10.2. The van der Waals surface area contributed by atoms with E-state index in [0.717, 1.165) is 0 Å². The lowest BCUT2D eigenvalue weighted by Crippen LogP contribution is -2.31. The lowest BCUT2D eigenvalue weighted by Gasteiger charge is -2.10. The standard InChI is InChI=1S/C10H16F3NO4S/c11-10(12,13)7-18-9(15)2-1-4-14-8-3-5-19(16,17)6-8/h8,14H,1-7H2. The zero-order valence-corrected chi connectivity index (χ0v) is 11.0. The third kappa shape index (κ3) is 7.36. The molecule has 5 nitrogen and oxygen atoms in total. The lowest BCUT2D eigenvalue weighted by molar-refractivity contribution is -0.186. The van der Waals surface area contributed by atoms with E-state index in [-0.39, 0.29) is 24.0 Å². The second kappa shape index (κ2) is 6.56. The zero-order chi connectivity index (χ0) is 14.5. The topological polar surface area (TPSA) is 72.5 Å². The van der Waals surface area contributed by atoms with E-state index in [4.69, 9.17) is 0 Å². The molecule has 0 aromatic rings. The van der Waals surface area contributed by atoms with Gasteiger partial charge in [-0.25, -0.2) is 8.42 Å². The second-order valence-electron chi connectivity index (χ2n) is 4.43. The van der Waals surface area contributed by atoms with Crippen molar-refractivity contribution in [2.45, 2.75) is 31.5 Å². The fraction of sp³-hybridized carbons (Fsp3) is 0.900. The molecular weight excluding hydrogens is 287 g/mol. The van der Waals surface area contributed by atoms with E-state index in [1.165, 1.54) is 0 Å². The van der Waals surface area contributed by atoms with E-state index >= 15 is 0 Å². The van der Waals surface area contributed by atoms with Crippen LogP contribution in [-0.4, -0.2) is 51.3 Å². The van der Waals surface area contributed by atoms with Crippen molar-refractivity contribution in [3.63, 3.8) is 0 Å². The lowest BCUT2D eigenvalue weighted by atomic mass is 10.2. The van der Waals surface area contributed by atoms with Crippen molar-refractivity contribution >= 4 is 15.8 Å². The van der Waals surface area contributed by atoms with Gasteiger partial charge in [-0.3, -0.25) is 4.79 Å². The fourth-order valence-electron chi connectivity index (χ4n) is 1.73. The minimum atomic E-state index is -4.51. The van der Waals surface area contributed by atoms with Crippen LogP contribution in [0.2, 0.25) is 0 Å². The van der Waals surface area contributed by atoms with Crippen molar-refractivity contribution in [1.82, 2.24) is 5.32 Å². The van der Waals surface area contributed by atoms with Gasteiger partial charge in [0.05, 0.1) is 11.5 Å². The van der Waals surface area contributed by atoms with Gasteiger partial charge in [0.15, 0.2) is 16.4 Å². The van der Waals surface area contributed by atoms with E-state index in [0.29, 0.717) is 19.4 Å². The summed E-state index contributed by atoms with van der Waals surface area (Å²) in [6.07, 6.45) is -3.79. The third-order valence-corrected chi connectivity index (χ3v) is 4.39. The van der Waals surface area contributed by atoms with Crippen LogP contribution in [0.4, 0.5) is 13.2 Å². The van der Waals surface area contributed by atoms with Gasteiger partial charge in [0.2, 0.25) is 0 Å². The summed E-state index contributed by atoms with van der Waals surface area (Å²) in [5.41, 5.74) is 0. The van der Waals surface area contributed by atoms with Gasteiger partial charge in [0, 0.05) is 12.5 Å². The van der Waals surface area contributed by atoms with E-state index in [1.54, 1.807) is 0 Å². The Morgan fingerprint density at radius 2 is 2.05 bits per heavy atom. The number of carbonyl (C=O) groups is 1. The van der Waals surface area contributed by atoms with Crippen molar-refractivity contribution in [3.05, 3.63) is 0 Å². The maximum absolute atomic E-state index is 11.7. The van der Waals surface area contributed by atoms with E-state index in [1.807, 2.05) is 0 Å². The summed E-state index contributed by atoms with van der Waals surface area (Å²) in [6.45, 7) is -1.19. The first-order valence-corrected chi connectivity index (χ1v) is 7.66. The number of sulfone groups is 1. The summed E-state index contributed by atoms with van der Waals surface area (Å²) in [6, 6.07) is -0.129. The Bertz CT molecular complexity index is 407. The highest BCUT2D eigenvalue weighted by Crippen LogP contribution is 2.15. The monoisotopic (exact) mass is 303 g/mol. The van der Waals surface area contributed by atoms with Gasteiger partial charge in [0.1, 0.15) is 0 Å². The summed E-state index contributed by atoms with van der Waals surface area (Å²) >= 11 is 0. The molecule has 0 amide bonds. The Hall–Kier alpha value is -0.830. The molecular formula is C10H16F3NO4S. The van der Waals surface area contributed by atoms with Gasteiger partial charge >= 0.3 is 12.1 Å². The molecule has 19 heavy (non-hydrogen) atoms. The number of rotatable bonds is 6. The minimum Gasteiger partial charge on any atom is -0.456 e. The predicted molar refractivity (Wildman–Crippen MR) is 61.3 cm³/mol. The SMILES string of the molecule is O=C(CCCNC1CCS(=O)(=O)C1)OCC(F)(F)F. The highest BCUT2D eigenvalue weighted by molar-refractivity contribution is 7.91. The summed E-state index contributed by atoms with van der Waals surface area (Å²) in [5, 5.41) is 2.96. The number of carbonyl (C=O) groups excluding carboxylic acids is 1. The molecule has 1 saturated heterocycles. The van der Waals surface area contributed by atoms with Crippen LogP contribution in [0.5, 0.6) is 0 Å². The van der Waals surface area contributed by atoms with E-state index in [9.17, 15) is 26.4 Å². The highest BCUT2D eigenvalue weighted by atomic mass is 32.2. The number of esters is 1. The quantitative estimate of drug-likeness (QED) is 0.576. The van der Waals surface area contributed by atoms with E-state index in [2.05, 4.69) is 10.1 Å². The Morgan fingerprint density at radius 1 is 1.37 bits per heavy atom. The van der Waals surface area contributed by atoms with Crippen molar-refractivity contribution in [1.29, 1.82) is 0 Å². The average molecular weight is 303 g/mol. The molecule has 112 valence electrons. The largest absolute Gasteiger partial charge is 0.456 e. The Labute approximate surface area is 109 Å². The number of ether oxygens (including phenoxy) is 1. The van der Waals surface area contributed by atoms with Crippen LogP contribution in [0.3, 0.4) is 0 Å². The number of hydrogen-bond acceptors (Lipinski definition) is 5. The molecule has 1 unspecified atom stereocenters. The smallest absolute Gasteiger partial charge is 0.422 e. The van der Waals surface area contributed by atoms with Crippen LogP contribution < -0.4 is 5.32 Å².